The normalized spacial score (nSPS) is 11.5. The number of aromatic nitrogens is 2. The Morgan fingerprint density at radius 3 is 2.53 bits per heavy atom. The highest BCUT2D eigenvalue weighted by Crippen LogP contribution is 2.28. The highest BCUT2D eigenvalue weighted by molar-refractivity contribution is 6.34. The molecule has 2 aromatic rings. The fourth-order valence-electron chi connectivity index (χ4n) is 2.32. The standard InChI is InChI=1S/C14H19ClN2/c1-3-6-10(7-4-2)14-16-12-9-5-8-11(15)13(12)17-14/h5,8-10H,3-4,6-7H2,1-2H3,(H,16,17). The van der Waals surface area contributed by atoms with E-state index in [1.165, 1.54) is 25.7 Å². The number of rotatable bonds is 5. The van der Waals surface area contributed by atoms with Crippen LogP contribution in [-0.4, -0.2) is 9.97 Å². The molecular weight excluding hydrogens is 232 g/mol. The van der Waals surface area contributed by atoms with E-state index in [1.807, 2.05) is 18.2 Å². The summed E-state index contributed by atoms with van der Waals surface area (Å²) in [5.41, 5.74) is 1.95. The number of aromatic amines is 1. The summed E-state index contributed by atoms with van der Waals surface area (Å²) in [5.74, 6) is 1.63. The van der Waals surface area contributed by atoms with E-state index in [0.717, 1.165) is 21.9 Å². The number of benzene rings is 1. The molecule has 0 aliphatic heterocycles. The molecule has 17 heavy (non-hydrogen) atoms. The fraction of sp³-hybridized carbons (Fsp3) is 0.500. The van der Waals surface area contributed by atoms with Crippen LogP contribution in [0.5, 0.6) is 0 Å². The maximum Gasteiger partial charge on any atom is 0.110 e. The lowest BCUT2D eigenvalue weighted by Gasteiger charge is -2.11. The van der Waals surface area contributed by atoms with Gasteiger partial charge in [-0.3, -0.25) is 0 Å². The Morgan fingerprint density at radius 1 is 1.24 bits per heavy atom. The minimum absolute atomic E-state index is 0.536. The first-order chi connectivity index (χ1) is 8.26. The molecule has 92 valence electrons. The number of hydrogen-bond donors (Lipinski definition) is 1. The fourth-order valence-corrected chi connectivity index (χ4v) is 2.54. The minimum Gasteiger partial charge on any atom is -0.342 e. The predicted molar refractivity (Wildman–Crippen MR) is 73.7 cm³/mol. The SMILES string of the molecule is CCCC(CCC)c1nc2c(Cl)cccc2[nH]1. The summed E-state index contributed by atoms with van der Waals surface area (Å²) < 4.78 is 0. The van der Waals surface area contributed by atoms with Crippen LogP contribution in [0.25, 0.3) is 11.0 Å². The van der Waals surface area contributed by atoms with Crippen molar-refractivity contribution < 1.29 is 0 Å². The van der Waals surface area contributed by atoms with Crippen LogP contribution < -0.4 is 0 Å². The lowest BCUT2D eigenvalue weighted by Crippen LogP contribution is -2.00. The predicted octanol–water partition coefficient (Wildman–Crippen LogP) is 4.90. The average molecular weight is 251 g/mol. The molecule has 1 N–H and O–H groups in total. The van der Waals surface area contributed by atoms with E-state index < -0.39 is 0 Å². The van der Waals surface area contributed by atoms with E-state index >= 15 is 0 Å². The van der Waals surface area contributed by atoms with Crippen LogP contribution in [0.15, 0.2) is 18.2 Å². The lowest BCUT2D eigenvalue weighted by atomic mass is 9.98. The van der Waals surface area contributed by atoms with Gasteiger partial charge in [0, 0.05) is 5.92 Å². The van der Waals surface area contributed by atoms with Crippen molar-refractivity contribution in [3.05, 3.63) is 29.0 Å². The molecule has 0 saturated heterocycles. The van der Waals surface area contributed by atoms with Gasteiger partial charge >= 0.3 is 0 Å². The first-order valence-electron chi connectivity index (χ1n) is 6.40. The summed E-state index contributed by atoms with van der Waals surface area (Å²) in [6.45, 7) is 4.44. The van der Waals surface area contributed by atoms with Gasteiger partial charge < -0.3 is 4.98 Å². The molecule has 1 heterocycles. The van der Waals surface area contributed by atoms with Gasteiger partial charge in [-0.15, -0.1) is 0 Å². The van der Waals surface area contributed by atoms with Crippen LogP contribution in [0.3, 0.4) is 0 Å². The molecule has 0 atom stereocenters. The van der Waals surface area contributed by atoms with Gasteiger partial charge in [0.25, 0.3) is 0 Å². The Labute approximate surface area is 107 Å². The van der Waals surface area contributed by atoms with E-state index in [4.69, 9.17) is 11.6 Å². The van der Waals surface area contributed by atoms with Crippen molar-refractivity contribution in [2.45, 2.75) is 45.4 Å². The summed E-state index contributed by atoms with van der Waals surface area (Å²) in [4.78, 5) is 8.07. The molecule has 0 bridgehead atoms. The smallest absolute Gasteiger partial charge is 0.110 e. The largest absolute Gasteiger partial charge is 0.342 e. The summed E-state index contributed by atoms with van der Waals surface area (Å²) in [7, 11) is 0. The number of nitrogens with zero attached hydrogens (tertiary/aromatic N) is 1. The van der Waals surface area contributed by atoms with Gasteiger partial charge in [0.15, 0.2) is 0 Å². The second-order valence-electron chi connectivity index (χ2n) is 4.53. The van der Waals surface area contributed by atoms with E-state index in [1.54, 1.807) is 0 Å². The van der Waals surface area contributed by atoms with Gasteiger partial charge in [-0.25, -0.2) is 4.98 Å². The quantitative estimate of drug-likeness (QED) is 0.803. The molecule has 0 saturated carbocycles. The Hall–Kier alpha value is -1.02. The number of imidazole rings is 1. The lowest BCUT2D eigenvalue weighted by molar-refractivity contribution is 0.539. The average Bonchev–Trinajstić information content (AvgIpc) is 2.74. The zero-order valence-corrected chi connectivity index (χ0v) is 11.2. The van der Waals surface area contributed by atoms with Crippen molar-refractivity contribution in [1.82, 2.24) is 9.97 Å². The van der Waals surface area contributed by atoms with Gasteiger partial charge in [-0.2, -0.15) is 0 Å². The summed E-state index contributed by atoms with van der Waals surface area (Å²) >= 11 is 6.15. The molecule has 3 heteroatoms. The number of halogens is 1. The van der Waals surface area contributed by atoms with Crippen molar-refractivity contribution in [2.75, 3.05) is 0 Å². The molecule has 0 radical (unpaired) electrons. The third kappa shape index (κ3) is 2.63. The molecule has 0 spiro atoms. The molecule has 2 nitrogen and oxygen atoms in total. The summed E-state index contributed by atoms with van der Waals surface area (Å²) in [5, 5.41) is 0.733. The first-order valence-corrected chi connectivity index (χ1v) is 6.78. The first kappa shape index (κ1) is 12.4. The van der Waals surface area contributed by atoms with Crippen LogP contribution >= 0.6 is 11.6 Å². The number of para-hydroxylation sites is 1. The van der Waals surface area contributed by atoms with E-state index in [0.29, 0.717) is 5.92 Å². The molecule has 0 amide bonds. The number of nitrogens with one attached hydrogen (secondary N) is 1. The number of hydrogen-bond acceptors (Lipinski definition) is 1. The van der Waals surface area contributed by atoms with Gasteiger partial charge in [0.1, 0.15) is 11.3 Å². The Balaban J connectivity index is 2.36. The molecule has 0 aliphatic carbocycles. The summed E-state index contributed by atoms with van der Waals surface area (Å²) in [6.07, 6.45) is 4.75. The number of H-pyrrole nitrogens is 1. The van der Waals surface area contributed by atoms with E-state index in [2.05, 4.69) is 23.8 Å². The van der Waals surface area contributed by atoms with Crippen molar-refractivity contribution in [3.8, 4) is 0 Å². The third-order valence-corrected chi connectivity index (χ3v) is 3.45. The van der Waals surface area contributed by atoms with Crippen molar-refractivity contribution in [3.63, 3.8) is 0 Å². The molecule has 0 fully saturated rings. The molecule has 0 unspecified atom stereocenters. The van der Waals surface area contributed by atoms with Gasteiger partial charge in [0.05, 0.1) is 10.5 Å². The second kappa shape index (κ2) is 5.54. The number of fused-ring (bicyclic) bond motifs is 1. The van der Waals surface area contributed by atoms with E-state index in [9.17, 15) is 0 Å². The third-order valence-electron chi connectivity index (χ3n) is 3.14. The highest BCUT2D eigenvalue weighted by atomic mass is 35.5. The van der Waals surface area contributed by atoms with Crippen LogP contribution in [0.2, 0.25) is 5.02 Å². The second-order valence-corrected chi connectivity index (χ2v) is 4.94. The Morgan fingerprint density at radius 2 is 1.94 bits per heavy atom. The summed E-state index contributed by atoms with van der Waals surface area (Å²) in [6, 6.07) is 5.89. The van der Waals surface area contributed by atoms with Gasteiger partial charge in [0.2, 0.25) is 0 Å². The minimum atomic E-state index is 0.536. The van der Waals surface area contributed by atoms with E-state index in [-0.39, 0.29) is 0 Å². The molecule has 0 aliphatic rings. The van der Waals surface area contributed by atoms with Gasteiger partial charge in [-0.05, 0) is 25.0 Å². The van der Waals surface area contributed by atoms with Crippen LogP contribution in [0.1, 0.15) is 51.3 Å². The van der Waals surface area contributed by atoms with Crippen molar-refractivity contribution >= 4 is 22.6 Å². The Bertz CT molecular complexity index is 484. The maximum absolute atomic E-state index is 6.15. The Kier molecular flexibility index (Phi) is 4.06. The molecule has 2 rings (SSSR count). The monoisotopic (exact) mass is 250 g/mol. The highest BCUT2D eigenvalue weighted by Gasteiger charge is 2.15. The van der Waals surface area contributed by atoms with Crippen LogP contribution in [0, 0.1) is 0 Å². The van der Waals surface area contributed by atoms with Crippen LogP contribution in [-0.2, 0) is 0 Å². The molecular formula is C14H19ClN2. The van der Waals surface area contributed by atoms with Crippen molar-refractivity contribution in [1.29, 1.82) is 0 Å². The topological polar surface area (TPSA) is 28.7 Å². The van der Waals surface area contributed by atoms with Crippen molar-refractivity contribution in [2.24, 2.45) is 0 Å². The zero-order chi connectivity index (χ0) is 12.3. The molecule has 1 aromatic carbocycles. The maximum atomic E-state index is 6.15. The van der Waals surface area contributed by atoms with Crippen LogP contribution in [0.4, 0.5) is 0 Å². The zero-order valence-electron chi connectivity index (χ0n) is 10.5. The molecule has 1 aromatic heterocycles. The van der Waals surface area contributed by atoms with Gasteiger partial charge in [-0.1, -0.05) is 44.4 Å².